The Bertz CT molecular complexity index is 964. The molecule has 0 radical (unpaired) electrons. The highest BCUT2D eigenvalue weighted by Crippen LogP contribution is 2.31. The van der Waals surface area contributed by atoms with Crippen LogP contribution in [0.4, 0.5) is 19.0 Å². The second kappa shape index (κ2) is 6.57. The Morgan fingerprint density at radius 3 is 2.52 bits per heavy atom. The number of hydrogen-bond donors (Lipinski definition) is 0. The van der Waals surface area contributed by atoms with Gasteiger partial charge in [0.1, 0.15) is 11.5 Å². The van der Waals surface area contributed by atoms with Crippen LogP contribution in [-0.2, 0) is 6.18 Å². The van der Waals surface area contributed by atoms with Gasteiger partial charge in [-0.1, -0.05) is 0 Å². The smallest absolute Gasteiger partial charge is 0.433 e. The summed E-state index contributed by atoms with van der Waals surface area (Å²) in [4.78, 5) is 24.0. The summed E-state index contributed by atoms with van der Waals surface area (Å²) in [5, 5.41) is 0.552. The Morgan fingerprint density at radius 1 is 1.07 bits per heavy atom. The maximum Gasteiger partial charge on any atom is 0.433 e. The Labute approximate surface area is 152 Å². The number of piperazine rings is 1. The van der Waals surface area contributed by atoms with Gasteiger partial charge in [0.05, 0.1) is 11.8 Å². The van der Waals surface area contributed by atoms with Crippen molar-refractivity contribution in [3.8, 4) is 0 Å². The van der Waals surface area contributed by atoms with Crippen molar-refractivity contribution in [1.29, 1.82) is 0 Å². The number of alkyl halides is 3. The Kier molecular flexibility index (Phi) is 4.21. The van der Waals surface area contributed by atoms with Crippen LogP contribution in [0.25, 0.3) is 10.9 Å². The molecule has 1 fully saturated rings. The molecule has 3 aromatic heterocycles. The second-order valence-electron chi connectivity index (χ2n) is 6.15. The molecule has 4 rings (SSSR count). The largest absolute Gasteiger partial charge is 0.459 e. The van der Waals surface area contributed by atoms with Crippen molar-refractivity contribution in [2.45, 2.75) is 6.18 Å². The lowest BCUT2D eigenvalue weighted by molar-refractivity contribution is -0.140. The lowest BCUT2D eigenvalue weighted by Crippen LogP contribution is -2.49. The number of carbonyl (C=O) groups is 1. The fourth-order valence-corrected chi connectivity index (χ4v) is 3.13. The number of anilines is 1. The van der Waals surface area contributed by atoms with E-state index in [4.69, 9.17) is 4.42 Å². The lowest BCUT2D eigenvalue weighted by atomic mass is 10.2. The zero-order valence-corrected chi connectivity index (χ0v) is 14.1. The van der Waals surface area contributed by atoms with Crippen LogP contribution in [0.2, 0.25) is 0 Å². The zero-order chi connectivity index (χ0) is 19.0. The average Bonchev–Trinajstić information content (AvgIpc) is 3.21. The van der Waals surface area contributed by atoms with Crippen LogP contribution in [-0.4, -0.2) is 47.0 Å². The molecule has 0 bridgehead atoms. The molecule has 0 spiro atoms. The Hall–Kier alpha value is -3.10. The summed E-state index contributed by atoms with van der Waals surface area (Å²) in [6.45, 7) is 1.95. The minimum absolute atomic E-state index is 0.179. The summed E-state index contributed by atoms with van der Waals surface area (Å²) >= 11 is 0. The van der Waals surface area contributed by atoms with Gasteiger partial charge in [0.2, 0.25) is 0 Å². The van der Waals surface area contributed by atoms with Crippen LogP contribution < -0.4 is 4.90 Å². The fraction of sp³-hybridized carbons (Fsp3) is 0.278. The molecule has 0 aliphatic carbocycles. The van der Waals surface area contributed by atoms with Crippen molar-refractivity contribution in [1.82, 2.24) is 14.9 Å². The lowest BCUT2D eigenvalue weighted by Gasteiger charge is -2.35. The predicted octanol–water partition coefficient (Wildman–Crippen LogP) is 3.20. The number of aromatic nitrogens is 2. The minimum atomic E-state index is -4.49. The SMILES string of the molecule is O=C(c1ccco1)N1CCN(c2nccc3nc(C(F)(F)F)ccc23)CC1. The Balaban J connectivity index is 1.54. The van der Waals surface area contributed by atoms with Gasteiger partial charge in [0, 0.05) is 37.8 Å². The molecule has 0 saturated carbocycles. The summed E-state index contributed by atoms with van der Waals surface area (Å²) in [6, 6.07) is 7.10. The summed E-state index contributed by atoms with van der Waals surface area (Å²) in [5.41, 5.74) is -0.690. The molecule has 0 atom stereocenters. The number of hydrogen-bond acceptors (Lipinski definition) is 5. The Morgan fingerprint density at radius 2 is 1.85 bits per heavy atom. The number of carbonyl (C=O) groups excluding carboxylic acids is 1. The molecule has 1 amide bonds. The molecule has 0 unspecified atom stereocenters. The first-order valence-corrected chi connectivity index (χ1v) is 8.34. The van der Waals surface area contributed by atoms with E-state index in [-0.39, 0.29) is 17.2 Å². The molecule has 3 aromatic rings. The highest BCUT2D eigenvalue weighted by Gasteiger charge is 2.33. The quantitative estimate of drug-likeness (QED) is 0.687. The van der Waals surface area contributed by atoms with Gasteiger partial charge in [0.25, 0.3) is 5.91 Å². The first-order valence-electron chi connectivity index (χ1n) is 8.34. The third kappa shape index (κ3) is 3.32. The standard InChI is InChI=1S/C18H15F3N4O2/c19-18(20,21)15-4-3-12-13(23-15)5-6-22-16(12)24-7-9-25(10-8-24)17(26)14-2-1-11-27-14/h1-6,11H,7-10H2. The molecule has 1 saturated heterocycles. The summed E-state index contributed by atoms with van der Waals surface area (Å²) in [7, 11) is 0. The number of rotatable bonds is 2. The second-order valence-corrected chi connectivity index (χ2v) is 6.15. The molecule has 9 heteroatoms. The molecule has 6 nitrogen and oxygen atoms in total. The molecular weight excluding hydrogens is 361 g/mol. The van der Waals surface area contributed by atoms with E-state index < -0.39 is 11.9 Å². The maximum absolute atomic E-state index is 12.9. The van der Waals surface area contributed by atoms with Crippen LogP contribution in [0, 0.1) is 0 Å². The van der Waals surface area contributed by atoms with Gasteiger partial charge in [-0.15, -0.1) is 0 Å². The van der Waals surface area contributed by atoms with E-state index in [0.717, 1.165) is 6.07 Å². The van der Waals surface area contributed by atoms with Gasteiger partial charge in [-0.25, -0.2) is 9.97 Å². The van der Waals surface area contributed by atoms with Crippen molar-refractivity contribution in [2.75, 3.05) is 31.1 Å². The third-order valence-corrected chi connectivity index (χ3v) is 4.48. The van der Waals surface area contributed by atoms with E-state index in [2.05, 4.69) is 9.97 Å². The van der Waals surface area contributed by atoms with Gasteiger partial charge < -0.3 is 14.2 Å². The zero-order valence-electron chi connectivity index (χ0n) is 14.1. The molecule has 1 aliphatic heterocycles. The van der Waals surface area contributed by atoms with Crippen LogP contribution in [0.1, 0.15) is 16.2 Å². The minimum Gasteiger partial charge on any atom is -0.459 e. The predicted molar refractivity (Wildman–Crippen MR) is 91.4 cm³/mol. The van der Waals surface area contributed by atoms with Gasteiger partial charge >= 0.3 is 6.18 Å². The molecule has 1 aliphatic rings. The highest BCUT2D eigenvalue weighted by molar-refractivity contribution is 5.92. The van der Waals surface area contributed by atoms with Crippen molar-refractivity contribution < 1.29 is 22.4 Å². The molecular formula is C18H15F3N4O2. The van der Waals surface area contributed by atoms with E-state index in [1.807, 2.05) is 4.90 Å². The number of furan rings is 1. The number of fused-ring (bicyclic) bond motifs is 1. The van der Waals surface area contributed by atoms with Crippen molar-refractivity contribution >= 4 is 22.6 Å². The normalized spacial score (nSPS) is 15.4. The molecule has 4 heterocycles. The van der Waals surface area contributed by atoms with Gasteiger partial charge in [-0.3, -0.25) is 4.79 Å². The van der Waals surface area contributed by atoms with Gasteiger partial charge in [0.15, 0.2) is 5.76 Å². The van der Waals surface area contributed by atoms with Crippen LogP contribution in [0.3, 0.4) is 0 Å². The third-order valence-electron chi connectivity index (χ3n) is 4.48. The number of amides is 1. The number of halogens is 3. The average molecular weight is 376 g/mol. The first-order chi connectivity index (χ1) is 12.9. The van der Waals surface area contributed by atoms with Crippen LogP contribution in [0.15, 0.2) is 47.2 Å². The molecule has 0 N–H and O–H groups in total. The molecule has 140 valence electrons. The molecule has 27 heavy (non-hydrogen) atoms. The fourth-order valence-electron chi connectivity index (χ4n) is 3.13. The van der Waals surface area contributed by atoms with Gasteiger partial charge in [-0.2, -0.15) is 13.2 Å². The topological polar surface area (TPSA) is 62.5 Å². The monoisotopic (exact) mass is 376 g/mol. The summed E-state index contributed by atoms with van der Waals surface area (Å²) in [5.74, 6) is 0.677. The number of nitrogens with zero attached hydrogens (tertiary/aromatic N) is 4. The van der Waals surface area contributed by atoms with E-state index in [1.54, 1.807) is 17.0 Å². The van der Waals surface area contributed by atoms with Crippen molar-refractivity contribution in [3.63, 3.8) is 0 Å². The van der Waals surface area contributed by atoms with E-state index >= 15 is 0 Å². The van der Waals surface area contributed by atoms with E-state index in [9.17, 15) is 18.0 Å². The summed E-state index contributed by atoms with van der Waals surface area (Å²) < 4.78 is 43.8. The van der Waals surface area contributed by atoms with Crippen molar-refractivity contribution in [3.05, 3.63) is 54.2 Å². The van der Waals surface area contributed by atoms with Crippen molar-refractivity contribution in [2.24, 2.45) is 0 Å². The summed E-state index contributed by atoms with van der Waals surface area (Å²) in [6.07, 6.45) is -1.59. The van der Waals surface area contributed by atoms with E-state index in [0.29, 0.717) is 37.4 Å². The maximum atomic E-state index is 12.9. The first kappa shape index (κ1) is 17.3. The highest BCUT2D eigenvalue weighted by atomic mass is 19.4. The number of pyridine rings is 2. The van der Waals surface area contributed by atoms with Crippen LogP contribution >= 0.6 is 0 Å². The van der Waals surface area contributed by atoms with Crippen LogP contribution in [0.5, 0.6) is 0 Å². The van der Waals surface area contributed by atoms with E-state index in [1.165, 1.54) is 24.6 Å². The van der Waals surface area contributed by atoms with Gasteiger partial charge in [-0.05, 0) is 30.3 Å². The molecule has 0 aromatic carbocycles.